The van der Waals surface area contributed by atoms with E-state index in [1.54, 1.807) is 6.92 Å². The molecule has 1 aromatic carbocycles. The summed E-state index contributed by atoms with van der Waals surface area (Å²) in [6.07, 6.45) is -4.94. The normalized spacial score (nSPS) is 18.3. The van der Waals surface area contributed by atoms with Gasteiger partial charge in [-0.15, -0.1) is 0 Å². The Morgan fingerprint density at radius 1 is 1.27 bits per heavy atom. The fourth-order valence-corrected chi connectivity index (χ4v) is 2.91. The summed E-state index contributed by atoms with van der Waals surface area (Å²) in [7, 11) is 0. The van der Waals surface area contributed by atoms with Crippen LogP contribution in [-0.4, -0.2) is 56.4 Å². The van der Waals surface area contributed by atoms with Crippen molar-refractivity contribution in [3.63, 3.8) is 0 Å². The van der Waals surface area contributed by atoms with Crippen molar-refractivity contribution in [2.45, 2.75) is 32.2 Å². The van der Waals surface area contributed by atoms with E-state index in [1.807, 2.05) is 6.92 Å². The Labute approximate surface area is 151 Å². The first kappa shape index (κ1) is 20.7. The Kier molecular flexibility index (Phi) is 7.43. The minimum absolute atomic E-state index is 0.223. The largest absolute Gasteiger partial charge is 0.416 e. The summed E-state index contributed by atoms with van der Waals surface area (Å²) in [5.41, 5.74) is 0.0419. The molecule has 1 saturated heterocycles. The van der Waals surface area contributed by atoms with Crippen molar-refractivity contribution < 1.29 is 27.4 Å². The molecule has 0 aliphatic carbocycles. The molecule has 26 heavy (non-hydrogen) atoms. The highest BCUT2D eigenvalue weighted by Gasteiger charge is 2.31. The summed E-state index contributed by atoms with van der Waals surface area (Å²) in [5.74, 6) is -0.239. The fraction of sp³-hybridized carbons (Fsp3) is 0.611. The standard InChI is InChI=1S/C18H25F3N2O3/c1-3-26-13(2)17(24)22-12-16(23-8-10-25-11-9-23)14-4-6-15(7-5-14)18(19,20)21/h4-7,13,16H,3,8-12H2,1-2H3,(H,22,24)/t13-,16-/m1/s1. The molecule has 1 heterocycles. The number of carbonyl (C=O) groups excluding carboxylic acids is 1. The van der Waals surface area contributed by atoms with Crippen LogP contribution in [0.5, 0.6) is 0 Å². The van der Waals surface area contributed by atoms with Gasteiger partial charge in [-0.25, -0.2) is 0 Å². The van der Waals surface area contributed by atoms with E-state index in [1.165, 1.54) is 12.1 Å². The summed E-state index contributed by atoms with van der Waals surface area (Å²) in [5, 5.41) is 2.84. The molecule has 1 aliphatic heterocycles. The van der Waals surface area contributed by atoms with E-state index in [0.717, 1.165) is 17.7 Å². The molecule has 0 radical (unpaired) electrons. The third kappa shape index (κ3) is 5.69. The number of morpholine rings is 1. The van der Waals surface area contributed by atoms with Crippen LogP contribution in [0.25, 0.3) is 0 Å². The van der Waals surface area contributed by atoms with Crippen molar-refractivity contribution in [3.8, 4) is 0 Å². The zero-order valence-corrected chi connectivity index (χ0v) is 15.0. The third-order valence-electron chi connectivity index (χ3n) is 4.36. The molecule has 2 atom stereocenters. The van der Waals surface area contributed by atoms with Crippen molar-refractivity contribution in [1.82, 2.24) is 10.2 Å². The first-order chi connectivity index (χ1) is 12.3. The Morgan fingerprint density at radius 2 is 1.88 bits per heavy atom. The average Bonchev–Trinajstić information content (AvgIpc) is 2.62. The molecule has 0 spiro atoms. The quantitative estimate of drug-likeness (QED) is 0.797. The van der Waals surface area contributed by atoms with E-state index in [9.17, 15) is 18.0 Å². The fourth-order valence-electron chi connectivity index (χ4n) is 2.91. The highest BCUT2D eigenvalue weighted by Crippen LogP contribution is 2.31. The van der Waals surface area contributed by atoms with Crippen LogP contribution in [-0.2, 0) is 20.4 Å². The first-order valence-electron chi connectivity index (χ1n) is 8.71. The van der Waals surface area contributed by atoms with Crippen LogP contribution < -0.4 is 5.32 Å². The second-order valence-corrected chi connectivity index (χ2v) is 6.13. The smallest absolute Gasteiger partial charge is 0.379 e. The monoisotopic (exact) mass is 374 g/mol. The Balaban J connectivity index is 2.12. The average molecular weight is 374 g/mol. The number of halogens is 3. The minimum atomic E-state index is -4.37. The molecule has 1 aliphatic rings. The maximum Gasteiger partial charge on any atom is 0.416 e. The van der Waals surface area contributed by atoms with Crippen LogP contribution in [0.2, 0.25) is 0 Å². The molecule has 146 valence electrons. The molecule has 1 aromatic rings. The van der Waals surface area contributed by atoms with Crippen LogP contribution in [0.3, 0.4) is 0 Å². The minimum Gasteiger partial charge on any atom is -0.379 e. The van der Waals surface area contributed by atoms with Gasteiger partial charge in [0.1, 0.15) is 6.10 Å². The lowest BCUT2D eigenvalue weighted by molar-refractivity contribution is -0.137. The predicted octanol–water partition coefficient (Wildman–Crippen LogP) is 2.62. The lowest BCUT2D eigenvalue weighted by Gasteiger charge is -2.35. The topological polar surface area (TPSA) is 50.8 Å². The molecule has 0 bridgehead atoms. The van der Waals surface area contributed by atoms with Gasteiger partial charge < -0.3 is 14.8 Å². The number of carbonyl (C=O) groups is 1. The predicted molar refractivity (Wildman–Crippen MR) is 90.7 cm³/mol. The van der Waals surface area contributed by atoms with E-state index in [2.05, 4.69) is 10.2 Å². The van der Waals surface area contributed by atoms with Gasteiger partial charge >= 0.3 is 6.18 Å². The summed E-state index contributed by atoms with van der Waals surface area (Å²) in [6, 6.07) is 4.88. The van der Waals surface area contributed by atoms with Crippen LogP contribution in [0.1, 0.15) is 31.0 Å². The number of rotatable bonds is 7. The lowest BCUT2D eigenvalue weighted by atomic mass is 10.0. The molecular formula is C18H25F3N2O3. The highest BCUT2D eigenvalue weighted by molar-refractivity contribution is 5.80. The zero-order valence-electron chi connectivity index (χ0n) is 15.0. The van der Waals surface area contributed by atoms with Crippen LogP contribution in [0, 0.1) is 0 Å². The van der Waals surface area contributed by atoms with Gasteiger partial charge in [0.15, 0.2) is 0 Å². The van der Waals surface area contributed by atoms with Crippen molar-refractivity contribution in [3.05, 3.63) is 35.4 Å². The summed E-state index contributed by atoms with van der Waals surface area (Å²) >= 11 is 0. The van der Waals surface area contributed by atoms with Crippen molar-refractivity contribution in [2.75, 3.05) is 39.5 Å². The molecule has 1 amide bonds. The van der Waals surface area contributed by atoms with Gasteiger partial charge in [0.2, 0.25) is 5.91 Å². The number of hydrogen-bond donors (Lipinski definition) is 1. The van der Waals surface area contributed by atoms with E-state index in [0.29, 0.717) is 39.5 Å². The van der Waals surface area contributed by atoms with Gasteiger partial charge in [0, 0.05) is 26.2 Å². The van der Waals surface area contributed by atoms with E-state index >= 15 is 0 Å². The zero-order chi connectivity index (χ0) is 19.2. The molecule has 2 rings (SSSR count). The van der Waals surface area contributed by atoms with Gasteiger partial charge in [-0.05, 0) is 31.5 Å². The Morgan fingerprint density at radius 3 is 2.42 bits per heavy atom. The number of amides is 1. The first-order valence-corrected chi connectivity index (χ1v) is 8.71. The van der Waals surface area contributed by atoms with Gasteiger partial charge in [0.05, 0.1) is 24.8 Å². The summed E-state index contributed by atoms with van der Waals surface area (Å²) in [4.78, 5) is 14.2. The van der Waals surface area contributed by atoms with E-state index < -0.39 is 17.8 Å². The molecule has 0 saturated carbocycles. The number of alkyl halides is 3. The molecule has 1 N–H and O–H groups in total. The number of benzene rings is 1. The Hall–Kier alpha value is -1.64. The second-order valence-electron chi connectivity index (χ2n) is 6.13. The highest BCUT2D eigenvalue weighted by atomic mass is 19.4. The van der Waals surface area contributed by atoms with Gasteiger partial charge in [-0.1, -0.05) is 12.1 Å². The van der Waals surface area contributed by atoms with Crippen LogP contribution >= 0.6 is 0 Å². The van der Waals surface area contributed by atoms with Gasteiger partial charge in [0.25, 0.3) is 0 Å². The SMILES string of the molecule is CCO[C@H](C)C(=O)NC[C@H](c1ccc(C(F)(F)F)cc1)N1CCOCC1. The maximum atomic E-state index is 12.8. The van der Waals surface area contributed by atoms with Gasteiger partial charge in [-0.3, -0.25) is 9.69 Å². The van der Waals surface area contributed by atoms with Crippen LogP contribution in [0.4, 0.5) is 13.2 Å². The van der Waals surface area contributed by atoms with E-state index in [4.69, 9.17) is 9.47 Å². The molecule has 0 unspecified atom stereocenters. The maximum absolute atomic E-state index is 12.8. The number of hydrogen-bond acceptors (Lipinski definition) is 4. The molecule has 1 fully saturated rings. The second kappa shape index (κ2) is 9.34. The van der Waals surface area contributed by atoms with Crippen molar-refractivity contribution >= 4 is 5.91 Å². The molecule has 8 heteroatoms. The Bertz CT molecular complexity index is 572. The van der Waals surface area contributed by atoms with Gasteiger partial charge in [-0.2, -0.15) is 13.2 Å². The lowest BCUT2D eigenvalue weighted by Crippen LogP contribution is -2.45. The van der Waals surface area contributed by atoms with Crippen LogP contribution in [0.15, 0.2) is 24.3 Å². The summed E-state index contributed by atoms with van der Waals surface area (Å²) < 4.78 is 49.0. The third-order valence-corrected chi connectivity index (χ3v) is 4.36. The van der Waals surface area contributed by atoms with Crippen molar-refractivity contribution in [1.29, 1.82) is 0 Å². The van der Waals surface area contributed by atoms with Crippen molar-refractivity contribution in [2.24, 2.45) is 0 Å². The molecule has 0 aromatic heterocycles. The number of ether oxygens (including phenoxy) is 2. The van der Waals surface area contributed by atoms with E-state index in [-0.39, 0.29) is 11.9 Å². The molecule has 5 nitrogen and oxygen atoms in total. The molecular weight excluding hydrogens is 349 g/mol. The number of nitrogens with one attached hydrogen (secondary N) is 1. The summed E-state index contributed by atoms with van der Waals surface area (Å²) in [6.45, 7) is 6.62. The number of nitrogens with zero attached hydrogens (tertiary/aromatic N) is 1.